The van der Waals surface area contributed by atoms with E-state index in [1.54, 1.807) is 27.9 Å². The van der Waals surface area contributed by atoms with Gasteiger partial charge in [-0.25, -0.2) is 4.79 Å². The SMILES string of the molecule is COCCCOc1ccc(C(C)(C)C)cc1NC(=O)C[C@@H](C[C@H](NC(=O)OC(C)(C)C)[C@@H]1C[C@@H](C(C)C)C(=O)O1)C(C)C. The largest absolute Gasteiger partial charge is 0.491 e. The average Bonchev–Trinajstić information content (AvgIpc) is 3.26. The quantitative estimate of drug-likeness (QED) is 0.176. The van der Waals surface area contributed by atoms with E-state index in [-0.39, 0.29) is 47.4 Å². The van der Waals surface area contributed by atoms with Gasteiger partial charge >= 0.3 is 12.1 Å². The maximum absolute atomic E-state index is 13.5. The molecule has 0 spiro atoms. The van der Waals surface area contributed by atoms with Gasteiger partial charge in [-0.15, -0.1) is 0 Å². The van der Waals surface area contributed by atoms with E-state index in [0.29, 0.717) is 37.5 Å². The lowest BCUT2D eigenvalue weighted by molar-refractivity contribution is -0.146. The van der Waals surface area contributed by atoms with Crippen molar-refractivity contribution in [1.29, 1.82) is 0 Å². The molecule has 2 rings (SSSR count). The highest BCUT2D eigenvalue weighted by atomic mass is 16.6. The summed E-state index contributed by atoms with van der Waals surface area (Å²) in [6, 6.07) is 5.42. The molecule has 1 aliphatic heterocycles. The molecular weight excluding hydrogens is 548 g/mol. The Bertz CT molecular complexity index is 1070. The molecule has 4 atom stereocenters. The summed E-state index contributed by atoms with van der Waals surface area (Å²) < 4.78 is 22.5. The third-order valence-electron chi connectivity index (χ3n) is 7.83. The van der Waals surface area contributed by atoms with Crippen molar-refractivity contribution in [2.45, 2.75) is 118 Å². The van der Waals surface area contributed by atoms with Crippen LogP contribution in [0.2, 0.25) is 0 Å². The summed E-state index contributed by atoms with van der Waals surface area (Å²) >= 11 is 0. The molecule has 2 N–H and O–H groups in total. The zero-order valence-corrected chi connectivity index (χ0v) is 28.3. The van der Waals surface area contributed by atoms with Crippen LogP contribution in [-0.4, -0.2) is 56.0 Å². The number of cyclic esters (lactones) is 1. The van der Waals surface area contributed by atoms with Crippen LogP contribution in [0.3, 0.4) is 0 Å². The summed E-state index contributed by atoms with van der Waals surface area (Å²) in [4.78, 5) is 39.0. The first-order valence-corrected chi connectivity index (χ1v) is 15.7. The standard InChI is InChI=1S/C34H56N2O7/c1-21(2)23(17-26(36-32(39)43-34(8,9)10)29-20-25(22(3)4)31(38)42-29)18-30(37)35-27-19-24(33(5,6)7)13-14-28(27)41-16-12-15-40-11/h13-14,19,21-23,25-26,29H,12,15-18,20H2,1-11H3,(H,35,37)(H,36,39)/t23-,25+,26+,29+/m1/s1. The second-order valence-corrected chi connectivity index (χ2v) is 14.5. The summed E-state index contributed by atoms with van der Waals surface area (Å²) in [7, 11) is 1.65. The number of methoxy groups -OCH3 is 1. The summed E-state index contributed by atoms with van der Waals surface area (Å²) in [5.41, 5.74) is 0.924. The van der Waals surface area contributed by atoms with Gasteiger partial charge in [0.05, 0.1) is 24.3 Å². The van der Waals surface area contributed by atoms with Crippen molar-refractivity contribution in [2.75, 3.05) is 25.6 Å². The number of anilines is 1. The van der Waals surface area contributed by atoms with Gasteiger partial charge in [-0.2, -0.15) is 0 Å². The highest BCUT2D eigenvalue weighted by molar-refractivity contribution is 5.92. The number of nitrogens with one attached hydrogen (secondary N) is 2. The number of esters is 1. The molecule has 2 amide bonds. The van der Waals surface area contributed by atoms with Crippen LogP contribution in [0.5, 0.6) is 5.75 Å². The molecule has 0 aliphatic carbocycles. The van der Waals surface area contributed by atoms with Crippen molar-refractivity contribution < 1.29 is 33.3 Å². The third-order valence-corrected chi connectivity index (χ3v) is 7.83. The van der Waals surface area contributed by atoms with Crippen LogP contribution >= 0.6 is 0 Å². The van der Waals surface area contributed by atoms with Gasteiger partial charge in [-0.05, 0) is 74.5 Å². The molecule has 9 heteroatoms. The van der Waals surface area contributed by atoms with Gasteiger partial charge in [0.2, 0.25) is 5.91 Å². The van der Waals surface area contributed by atoms with Crippen molar-refractivity contribution in [3.8, 4) is 5.75 Å². The third kappa shape index (κ3) is 12.0. The Labute approximate surface area is 259 Å². The summed E-state index contributed by atoms with van der Waals surface area (Å²) in [5, 5.41) is 6.07. The number of alkyl carbamates (subject to hydrolysis) is 1. The molecule has 0 unspecified atom stereocenters. The highest BCUT2D eigenvalue weighted by Gasteiger charge is 2.42. The van der Waals surface area contributed by atoms with E-state index in [1.165, 1.54) is 0 Å². The number of amides is 2. The van der Waals surface area contributed by atoms with Gasteiger partial charge < -0.3 is 29.6 Å². The van der Waals surface area contributed by atoms with Crippen molar-refractivity contribution in [1.82, 2.24) is 5.32 Å². The summed E-state index contributed by atoms with van der Waals surface area (Å²) in [6.45, 7) is 21.0. The normalized spacial score (nSPS) is 18.8. The van der Waals surface area contributed by atoms with Crippen LogP contribution in [0.1, 0.15) is 100 Å². The Morgan fingerprint density at radius 3 is 2.26 bits per heavy atom. The van der Waals surface area contributed by atoms with Gasteiger partial charge in [0.1, 0.15) is 17.5 Å². The molecule has 1 aliphatic rings. The fraction of sp³-hybridized carbons (Fsp3) is 0.735. The second-order valence-electron chi connectivity index (χ2n) is 14.5. The van der Waals surface area contributed by atoms with Crippen molar-refractivity contribution >= 4 is 23.7 Å². The second kappa shape index (κ2) is 15.8. The Kier molecular flexibility index (Phi) is 13.3. The van der Waals surface area contributed by atoms with Gasteiger partial charge in [0.25, 0.3) is 0 Å². The number of hydrogen-bond acceptors (Lipinski definition) is 7. The maximum Gasteiger partial charge on any atom is 0.408 e. The molecule has 1 aromatic carbocycles. The smallest absolute Gasteiger partial charge is 0.408 e. The maximum atomic E-state index is 13.5. The average molecular weight is 605 g/mol. The molecule has 0 radical (unpaired) electrons. The van der Waals surface area contributed by atoms with Crippen molar-refractivity contribution in [3.63, 3.8) is 0 Å². The van der Waals surface area contributed by atoms with Crippen LogP contribution < -0.4 is 15.4 Å². The number of carbonyl (C=O) groups is 3. The molecule has 0 aromatic heterocycles. The van der Waals surface area contributed by atoms with E-state index >= 15 is 0 Å². The molecule has 0 bridgehead atoms. The first-order chi connectivity index (χ1) is 19.9. The summed E-state index contributed by atoms with van der Waals surface area (Å²) in [5.74, 6) is 0.136. The van der Waals surface area contributed by atoms with E-state index in [0.717, 1.165) is 12.0 Å². The molecule has 1 aromatic rings. The van der Waals surface area contributed by atoms with Gasteiger partial charge in [-0.1, -0.05) is 54.5 Å². The predicted octanol–water partition coefficient (Wildman–Crippen LogP) is 6.87. The zero-order chi connectivity index (χ0) is 32.5. The van der Waals surface area contributed by atoms with Crippen LogP contribution in [0.4, 0.5) is 10.5 Å². The lowest BCUT2D eigenvalue weighted by atomic mass is 9.83. The topological polar surface area (TPSA) is 112 Å². The zero-order valence-electron chi connectivity index (χ0n) is 28.3. The van der Waals surface area contributed by atoms with E-state index in [1.807, 2.05) is 32.0 Å². The number of benzene rings is 1. The Balaban J connectivity index is 2.26. The van der Waals surface area contributed by atoms with E-state index in [9.17, 15) is 14.4 Å². The van der Waals surface area contributed by atoms with Crippen molar-refractivity contribution in [3.05, 3.63) is 23.8 Å². The first kappa shape index (κ1) is 36.4. The van der Waals surface area contributed by atoms with Gasteiger partial charge in [0, 0.05) is 26.6 Å². The fourth-order valence-corrected chi connectivity index (χ4v) is 5.15. The molecule has 9 nitrogen and oxygen atoms in total. The van der Waals surface area contributed by atoms with Crippen LogP contribution in [0.15, 0.2) is 18.2 Å². The minimum absolute atomic E-state index is 0.103. The first-order valence-electron chi connectivity index (χ1n) is 15.7. The molecule has 244 valence electrons. The number of ether oxygens (including phenoxy) is 4. The monoisotopic (exact) mass is 604 g/mol. The Hall–Kier alpha value is -2.81. The molecule has 1 fully saturated rings. The highest BCUT2D eigenvalue weighted by Crippen LogP contribution is 2.35. The number of carbonyl (C=O) groups excluding carboxylic acids is 3. The Morgan fingerprint density at radius 1 is 1.05 bits per heavy atom. The molecule has 1 saturated heterocycles. The van der Waals surface area contributed by atoms with Crippen molar-refractivity contribution in [2.24, 2.45) is 23.7 Å². The van der Waals surface area contributed by atoms with Crippen LogP contribution in [0.25, 0.3) is 0 Å². The predicted molar refractivity (Wildman–Crippen MR) is 169 cm³/mol. The molecule has 0 saturated carbocycles. The van der Waals surface area contributed by atoms with Crippen LogP contribution in [-0.2, 0) is 29.2 Å². The minimum atomic E-state index is -0.677. The number of rotatable bonds is 14. The minimum Gasteiger partial charge on any atom is -0.491 e. The molecule has 1 heterocycles. The van der Waals surface area contributed by atoms with E-state index in [2.05, 4.69) is 45.3 Å². The number of hydrogen-bond donors (Lipinski definition) is 2. The van der Waals surface area contributed by atoms with Gasteiger partial charge in [0.15, 0.2) is 0 Å². The van der Waals surface area contributed by atoms with E-state index < -0.39 is 23.8 Å². The van der Waals surface area contributed by atoms with Gasteiger partial charge in [-0.3, -0.25) is 9.59 Å². The lowest BCUT2D eigenvalue weighted by Gasteiger charge is -2.31. The van der Waals surface area contributed by atoms with Crippen LogP contribution in [0, 0.1) is 23.7 Å². The lowest BCUT2D eigenvalue weighted by Crippen LogP contribution is -2.47. The fourth-order valence-electron chi connectivity index (χ4n) is 5.15. The molecular formula is C34H56N2O7. The Morgan fingerprint density at radius 2 is 1.72 bits per heavy atom. The van der Waals surface area contributed by atoms with E-state index in [4.69, 9.17) is 18.9 Å². The molecule has 43 heavy (non-hydrogen) atoms. The summed E-state index contributed by atoms with van der Waals surface area (Å²) in [6.07, 6.45) is 0.860.